The van der Waals surface area contributed by atoms with Crippen LogP contribution in [0.3, 0.4) is 0 Å². The largest absolute Gasteiger partial charge is 0.343 e. The van der Waals surface area contributed by atoms with Crippen molar-refractivity contribution in [2.45, 2.75) is 44.7 Å². The Morgan fingerprint density at radius 2 is 2.00 bits per heavy atom. The van der Waals surface area contributed by atoms with Crippen LogP contribution in [0.5, 0.6) is 0 Å². The van der Waals surface area contributed by atoms with E-state index in [0.29, 0.717) is 30.8 Å². The molecule has 9 heteroatoms. The molecule has 0 aliphatic carbocycles. The number of tetrazole rings is 1. The Kier molecular flexibility index (Phi) is 7.47. The first-order chi connectivity index (χ1) is 12.1. The maximum Gasteiger partial charge on any atom is 0.222 e. The fraction of sp³-hybridized carbons (Fsp3) is 0.529. The Bertz CT molecular complexity index is 708. The van der Waals surface area contributed by atoms with Crippen molar-refractivity contribution in [3.63, 3.8) is 0 Å². The van der Waals surface area contributed by atoms with Gasteiger partial charge in [-0.15, -0.1) is 22.6 Å². The van der Waals surface area contributed by atoms with Gasteiger partial charge in [0, 0.05) is 31.1 Å². The van der Waals surface area contributed by atoms with E-state index >= 15 is 0 Å². The van der Waals surface area contributed by atoms with E-state index in [1.54, 1.807) is 12.1 Å². The molecular weight excluding hydrogens is 359 g/mol. The van der Waals surface area contributed by atoms with Crippen molar-refractivity contribution in [2.75, 3.05) is 13.1 Å². The maximum absolute atomic E-state index is 12.9. The Labute approximate surface area is 158 Å². The third kappa shape index (κ3) is 5.47. The molecule has 3 rings (SSSR count). The molecular formula is C17H24ClFN6O. The predicted molar refractivity (Wildman–Crippen MR) is 98.1 cm³/mol. The number of rotatable bonds is 5. The highest BCUT2D eigenvalue weighted by molar-refractivity contribution is 5.85. The second-order valence-electron chi connectivity index (χ2n) is 6.39. The second kappa shape index (κ2) is 9.59. The van der Waals surface area contributed by atoms with E-state index in [0.717, 1.165) is 32.4 Å². The molecule has 0 spiro atoms. The summed E-state index contributed by atoms with van der Waals surface area (Å²) in [6.45, 7) is 2.06. The number of carbonyl (C=O) groups excluding carboxylic acids is 1. The lowest BCUT2D eigenvalue weighted by Gasteiger charge is -2.20. The van der Waals surface area contributed by atoms with E-state index in [1.165, 1.54) is 16.9 Å². The molecule has 0 bridgehead atoms. The number of aromatic nitrogens is 4. The first-order valence-electron chi connectivity index (χ1n) is 8.69. The molecule has 2 N–H and O–H groups in total. The number of aryl methyl sites for hydroxylation is 1. The highest BCUT2D eigenvalue weighted by Crippen LogP contribution is 2.14. The molecule has 1 unspecified atom stereocenters. The molecule has 0 saturated carbocycles. The van der Waals surface area contributed by atoms with Gasteiger partial charge in [-0.3, -0.25) is 4.79 Å². The van der Waals surface area contributed by atoms with Crippen molar-refractivity contribution < 1.29 is 9.18 Å². The summed E-state index contributed by atoms with van der Waals surface area (Å²) in [7, 11) is 0. The van der Waals surface area contributed by atoms with E-state index in [9.17, 15) is 9.18 Å². The summed E-state index contributed by atoms with van der Waals surface area (Å²) in [5, 5.41) is 12.2. The Hall–Kier alpha value is -2.06. The zero-order chi connectivity index (χ0) is 17.6. The fourth-order valence-electron chi connectivity index (χ4n) is 2.95. The Morgan fingerprint density at radius 3 is 2.77 bits per heavy atom. The lowest BCUT2D eigenvalue weighted by atomic mass is 10.1. The van der Waals surface area contributed by atoms with Gasteiger partial charge < -0.3 is 10.6 Å². The van der Waals surface area contributed by atoms with Crippen LogP contribution in [0.4, 0.5) is 4.39 Å². The quantitative estimate of drug-likeness (QED) is 0.854. The van der Waals surface area contributed by atoms with Crippen molar-refractivity contribution in [2.24, 2.45) is 5.73 Å². The minimum Gasteiger partial charge on any atom is -0.343 e. The van der Waals surface area contributed by atoms with Crippen LogP contribution in [0.1, 0.15) is 32.1 Å². The molecule has 7 nitrogen and oxygen atoms in total. The number of carbonyl (C=O) groups is 1. The van der Waals surface area contributed by atoms with E-state index in [4.69, 9.17) is 5.73 Å². The lowest BCUT2D eigenvalue weighted by Crippen LogP contribution is -2.32. The van der Waals surface area contributed by atoms with Gasteiger partial charge in [0.15, 0.2) is 0 Å². The number of nitrogens with two attached hydrogens (primary N) is 1. The van der Waals surface area contributed by atoms with Crippen molar-refractivity contribution in [1.82, 2.24) is 25.1 Å². The van der Waals surface area contributed by atoms with Gasteiger partial charge in [-0.1, -0.05) is 0 Å². The van der Waals surface area contributed by atoms with Crippen LogP contribution in [0.2, 0.25) is 0 Å². The number of nitrogens with zero attached hydrogens (tertiary/aromatic N) is 5. The fourth-order valence-corrected chi connectivity index (χ4v) is 2.95. The molecule has 1 aliphatic heterocycles. The summed E-state index contributed by atoms with van der Waals surface area (Å²) in [5.74, 6) is 0.310. The average Bonchev–Trinajstić information content (AvgIpc) is 2.96. The minimum absolute atomic E-state index is 0. The number of amides is 1. The number of hydrogen-bond donors (Lipinski definition) is 1. The summed E-state index contributed by atoms with van der Waals surface area (Å²) in [6.07, 6.45) is 3.94. The van der Waals surface area contributed by atoms with Gasteiger partial charge in [-0.05, 0) is 55.2 Å². The number of halogens is 2. The zero-order valence-corrected chi connectivity index (χ0v) is 15.4. The van der Waals surface area contributed by atoms with Crippen LogP contribution in [-0.4, -0.2) is 50.1 Å². The van der Waals surface area contributed by atoms with Crippen LogP contribution in [0, 0.1) is 5.82 Å². The molecule has 1 saturated heterocycles. The van der Waals surface area contributed by atoms with Gasteiger partial charge in [0.1, 0.15) is 5.82 Å². The van der Waals surface area contributed by atoms with Gasteiger partial charge in [0.2, 0.25) is 11.7 Å². The second-order valence-corrected chi connectivity index (χ2v) is 6.39. The summed E-state index contributed by atoms with van der Waals surface area (Å²) in [6, 6.07) is 6.17. The smallest absolute Gasteiger partial charge is 0.222 e. The molecule has 1 atom stereocenters. The summed E-state index contributed by atoms with van der Waals surface area (Å²) in [5.41, 5.74) is 6.66. The van der Waals surface area contributed by atoms with Crippen LogP contribution in [0.15, 0.2) is 24.3 Å². The first kappa shape index (κ1) is 20.3. The molecule has 2 heterocycles. The van der Waals surface area contributed by atoms with Crippen molar-refractivity contribution >= 4 is 18.3 Å². The standard InChI is InChI=1S/C17H23FN6O.ClH/c18-14-7-5-13(6-8-14)17-20-22-24(21-17)11-2-4-16(25)23-10-1-3-15(19)9-12-23;/h5-8,15H,1-4,9-12,19H2;1H. The molecule has 1 fully saturated rings. The summed E-state index contributed by atoms with van der Waals surface area (Å²) < 4.78 is 12.9. The van der Waals surface area contributed by atoms with Gasteiger partial charge in [-0.2, -0.15) is 4.80 Å². The molecule has 1 aromatic heterocycles. The van der Waals surface area contributed by atoms with Crippen LogP contribution < -0.4 is 5.73 Å². The molecule has 142 valence electrons. The topological polar surface area (TPSA) is 89.9 Å². The molecule has 1 amide bonds. The first-order valence-corrected chi connectivity index (χ1v) is 8.69. The van der Waals surface area contributed by atoms with Crippen molar-refractivity contribution in [3.8, 4) is 11.4 Å². The SMILES string of the molecule is Cl.NC1CCCN(C(=O)CCCn2nnc(-c3ccc(F)cc3)n2)CC1. The maximum atomic E-state index is 12.9. The minimum atomic E-state index is -0.302. The van der Waals surface area contributed by atoms with Crippen LogP contribution in [-0.2, 0) is 11.3 Å². The van der Waals surface area contributed by atoms with E-state index in [1.807, 2.05) is 4.90 Å². The van der Waals surface area contributed by atoms with Gasteiger partial charge in [0.25, 0.3) is 0 Å². The average molecular weight is 383 g/mol. The third-order valence-corrected chi connectivity index (χ3v) is 4.43. The lowest BCUT2D eigenvalue weighted by molar-refractivity contribution is -0.131. The van der Waals surface area contributed by atoms with E-state index in [2.05, 4.69) is 15.4 Å². The summed E-state index contributed by atoms with van der Waals surface area (Å²) >= 11 is 0. The van der Waals surface area contributed by atoms with E-state index in [-0.39, 0.29) is 30.2 Å². The molecule has 1 aromatic carbocycles. The van der Waals surface area contributed by atoms with Gasteiger partial charge >= 0.3 is 0 Å². The van der Waals surface area contributed by atoms with Crippen molar-refractivity contribution in [1.29, 1.82) is 0 Å². The third-order valence-electron chi connectivity index (χ3n) is 4.43. The molecule has 2 aromatic rings. The molecule has 0 radical (unpaired) electrons. The van der Waals surface area contributed by atoms with Crippen LogP contribution in [0.25, 0.3) is 11.4 Å². The Balaban J connectivity index is 0.00000243. The monoisotopic (exact) mass is 382 g/mol. The van der Waals surface area contributed by atoms with Crippen molar-refractivity contribution in [3.05, 3.63) is 30.1 Å². The van der Waals surface area contributed by atoms with E-state index < -0.39 is 0 Å². The number of hydrogen-bond acceptors (Lipinski definition) is 5. The highest BCUT2D eigenvalue weighted by atomic mass is 35.5. The predicted octanol–water partition coefficient (Wildman–Crippen LogP) is 2.02. The Morgan fingerprint density at radius 1 is 1.23 bits per heavy atom. The zero-order valence-electron chi connectivity index (χ0n) is 14.6. The van der Waals surface area contributed by atoms with Crippen LogP contribution >= 0.6 is 12.4 Å². The number of likely N-dealkylation sites (tertiary alicyclic amines) is 1. The molecule has 1 aliphatic rings. The summed E-state index contributed by atoms with van der Waals surface area (Å²) in [4.78, 5) is 15.7. The molecule has 26 heavy (non-hydrogen) atoms. The number of benzene rings is 1. The normalized spacial score (nSPS) is 17.5. The highest BCUT2D eigenvalue weighted by Gasteiger charge is 2.18. The van der Waals surface area contributed by atoms with Gasteiger partial charge in [-0.25, -0.2) is 4.39 Å². The van der Waals surface area contributed by atoms with Gasteiger partial charge in [0.05, 0.1) is 6.54 Å².